The molecule has 0 fully saturated rings. The summed E-state index contributed by atoms with van der Waals surface area (Å²) in [6.07, 6.45) is 6.75. The number of carbonyl (C=O) groups excluding carboxylic acids is 1. The Bertz CT molecular complexity index is 793. The molecule has 2 aromatic rings. The van der Waals surface area contributed by atoms with E-state index in [-0.39, 0.29) is 5.91 Å². The third kappa shape index (κ3) is 2.13. The average Bonchev–Trinajstić information content (AvgIpc) is 3.05. The fourth-order valence-corrected chi connectivity index (χ4v) is 3.77. The number of fused-ring (bicyclic) bond motifs is 2. The number of H-pyrrole nitrogens is 1. The minimum Gasteiger partial charge on any atom is -0.359 e. The van der Waals surface area contributed by atoms with Crippen LogP contribution in [0, 0.1) is 6.92 Å². The first-order chi connectivity index (χ1) is 10.6. The minimum absolute atomic E-state index is 0.0243. The number of amides is 1. The maximum absolute atomic E-state index is 12.3. The summed E-state index contributed by atoms with van der Waals surface area (Å²) in [6, 6.07) is 6.12. The number of nitrogens with one attached hydrogen (secondary N) is 2. The van der Waals surface area contributed by atoms with Gasteiger partial charge in [0.05, 0.1) is 5.57 Å². The molecule has 0 saturated carbocycles. The number of anilines is 1. The zero-order chi connectivity index (χ0) is 15.3. The quantitative estimate of drug-likeness (QED) is 0.728. The molecule has 2 aliphatic rings. The van der Waals surface area contributed by atoms with Crippen LogP contribution in [0.2, 0.25) is 0 Å². The highest BCUT2D eigenvalue weighted by Crippen LogP contribution is 2.38. The molecule has 2 heterocycles. The van der Waals surface area contributed by atoms with Gasteiger partial charge in [0.1, 0.15) is 0 Å². The van der Waals surface area contributed by atoms with Crippen LogP contribution in [0.5, 0.6) is 0 Å². The number of hydrogen-bond donors (Lipinski definition) is 2. The number of hydrogen-bond acceptors (Lipinski definition) is 1. The highest BCUT2D eigenvalue weighted by molar-refractivity contribution is 9.10. The van der Waals surface area contributed by atoms with Gasteiger partial charge >= 0.3 is 0 Å². The minimum atomic E-state index is -0.0243. The van der Waals surface area contributed by atoms with Crippen molar-refractivity contribution in [1.82, 2.24) is 4.98 Å². The van der Waals surface area contributed by atoms with Crippen LogP contribution in [-0.4, -0.2) is 10.9 Å². The van der Waals surface area contributed by atoms with Crippen molar-refractivity contribution >= 4 is 39.2 Å². The molecule has 1 aliphatic carbocycles. The monoisotopic (exact) mass is 356 g/mol. The Kier molecular flexibility index (Phi) is 3.22. The van der Waals surface area contributed by atoms with Crippen LogP contribution in [0.15, 0.2) is 22.7 Å². The molecule has 0 atom stereocenters. The van der Waals surface area contributed by atoms with Crippen LogP contribution in [-0.2, 0) is 17.6 Å². The molecule has 1 aromatic carbocycles. The van der Waals surface area contributed by atoms with E-state index in [2.05, 4.69) is 32.3 Å². The molecule has 1 aliphatic heterocycles. The van der Waals surface area contributed by atoms with Crippen molar-refractivity contribution in [3.8, 4) is 0 Å². The molecule has 0 saturated heterocycles. The highest BCUT2D eigenvalue weighted by atomic mass is 79.9. The van der Waals surface area contributed by atoms with E-state index in [4.69, 9.17) is 0 Å². The number of aryl methyl sites for hydroxylation is 2. The second kappa shape index (κ2) is 5.13. The van der Waals surface area contributed by atoms with Crippen LogP contribution < -0.4 is 5.32 Å². The van der Waals surface area contributed by atoms with Crippen molar-refractivity contribution in [2.75, 3.05) is 5.32 Å². The van der Waals surface area contributed by atoms with E-state index in [0.717, 1.165) is 45.4 Å². The summed E-state index contributed by atoms with van der Waals surface area (Å²) in [5, 5.41) is 2.96. The van der Waals surface area contributed by atoms with E-state index in [9.17, 15) is 4.79 Å². The van der Waals surface area contributed by atoms with Crippen LogP contribution in [0.25, 0.3) is 11.6 Å². The van der Waals surface area contributed by atoms with Crippen LogP contribution in [0.4, 0.5) is 5.69 Å². The fraction of sp³-hybridized carbons (Fsp3) is 0.278. The van der Waals surface area contributed by atoms with Gasteiger partial charge in [-0.05, 0) is 68.0 Å². The van der Waals surface area contributed by atoms with Gasteiger partial charge < -0.3 is 10.3 Å². The normalized spacial score (nSPS) is 18.3. The Hall–Kier alpha value is -1.81. The smallest absolute Gasteiger partial charge is 0.256 e. The number of aromatic nitrogens is 1. The van der Waals surface area contributed by atoms with E-state index in [1.807, 2.05) is 25.1 Å². The Balaban J connectivity index is 1.82. The summed E-state index contributed by atoms with van der Waals surface area (Å²) in [5.41, 5.74) is 7.51. The van der Waals surface area contributed by atoms with E-state index in [0.29, 0.717) is 0 Å². The third-order valence-corrected chi connectivity index (χ3v) is 5.46. The molecule has 0 unspecified atom stereocenters. The Morgan fingerprint density at radius 2 is 2.05 bits per heavy atom. The maximum atomic E-state index is 12.3. The average molecular weight is 357 g/mol. The lowest BCUT2D eigenvalue weighted by atomic mass is 9.98. The van der Waals surface area contributed by atoms with Crippen molar-refractivity contribution in [3.05, 3.63) is 50.8 Å². The van der Waals surface area contributed by atoms with Gasteiger partial charge in [0.2, 0.25) is 0 Å². The van der Waals surface area contributed by atoms with E-state index >= 15 is 0 Å². The van der Waals surface area contributed by atoms with Crippen LogP contribution in [0.3, 0.4) is 0 Å². The van der Waals surface area contributed by atoms with Gasteiger partial charge in [-0.3, -0.25) is 4.79 Å². The van der Waals surface area contributed by atoms with Crippen LogP contribution in [0.1, 0.15) is 40.9 Å². The lowest BCUT2D eigenvalue weighted by molar-refractivity contribution is -0.110. The molecule has 0 bridgehead atoms. The first kappa shape index (κ1) is 13.8. The number of aromatic amines is 1. The van der Waals surface area contributed by atoms with Gasteiger partial charge in [-0.2, -0.15) is 0 Å². The Morgan fingerprint density at radius 3 is 2.86 bits per heavy atom. The van der Waals surface area contributed by atoms with Crippen LogP contribution >= 0.6 is 15.9 Å². The summed E-state index contributed by atoms with van der Waals surface area (Å²) < 4.78 is 1.03. The first-order valence-corrected chi connectivity index (χ1v) is 8.46. The molecule has 3 nitrogen and oxygen atoms in total. The predicted molar refractivity (Wildman–Crippen MR) is 92.8 cm³/mol. The fourth-order valence-electron chi connectivity index (χ4n) is 3.44. The SMILES string of the molecule is Cc1c(Br)ccc2c1C(=Cc1cc3c([nH]1)CCCC3)C(=O)N2. The Morgan fingerprint density at radius 1 is 1.23 bits per heavy atom. The summed E-state index contributed by atoms with van der Waals surface area (Å²) in [5.74, 6) is -0.0243. The van der Waals surface area contributed by atoms with Gasteiger partial charge in [0.15, 0.2) is 0 Å². The van der Waals surface area contributed by atoms with Gasteiger partial charge in [-0.1, -0.05) is 15.9 Å². The van der Waals surface area contributed by atoms with Gasteiger partial charge in [-0.25, -0.2) is 0 Å². The van der Waals surface area contributed by atoms with E-state index < -0.39 is 0 Å². The molecule has 1 aromatic heterocycles. The van der Waals surface area contributed by atoms with E-state index in [1.165, 1.54) is 24.1 Å². The molecule has 4 rings (SSSR count). The molecule has 0 spiro atoms. The summed E-state index contributed by atoms with van der Waals surface area (Å²) in [7, 11) is 0. The van der Waals surface area contributed by atoms with Gasteiger partial charge in [0, 0.05) is 27.1 Å². The number of rotatable bonds is 1. The summed E-state index contributed by atoms with van der Waals surface area (Å²) in [4.78, 5) is 15.8. The lowest BCUT2D eigenvalue weighted by Crippen LogP contribution is -2.03. The number of carbonyl (C=O) groups is 1. The topological polar surface area (TPSA) is 44.9 Å². The highest BCUT2D eigenvalue weighted by Gasteiger charge is 2.27. The molecule has 4 heteroatoms. The second-order valence-corrected chi connectivity index (χ2v) is 6.90. The summed E-state index contributed by atoms with van der Waals surface area (Å²) in [6.45, 7) is 2.04. The molecule has 22 heavy (non-hydrogen) atoms. The van der Waals surface area contributed by atoms with Crippen molar-refractivity contribution in [2.45, 2.75) is 32.6 Å². The van der Waals surface area contributed by atoms with Crippen molar-refractivity contribution in [1.29, 1.82) is 0 Å². The zero-order valence-electron chi connectivity index (χ0n) is 12.4. The largest absolute Gasteiger partial charge is 0.359 e. The number of benzene rings is 1. The van der Waals surface area contributed by atoms with Crippen molar-refractivity contribution in [3.63, 3.8) is 0 Å². The molecular formula is C18H17BrN2O. The zero-order valence-corrected chi connectivity index (χ0v) is 14.0. The molecule has 1 amide bonds. The third-order valence-electron chi connectivity index (χ3n) is 4.60. The van der Waals surface area contributed by atoms with Crippen molar-refractivity contribution in [2.24, 2.45) is 0 Å². The molecule has 0 radical (unpaired) electrons. The molecule has 2 N–H and O–H groups in total. The van der Waals surface area contributed by atoms with E-state index in [1.54, 1.807) is 0 Å². The summed E-state index contributed by atoms with van der Waals surface area (Å²) >= 11 is 3.55. The Labute approximate surface area is 137 Å². The predicted octanol–water partition coefficient (Wildman–Crippen LogP) is 4.46. The number of halogens is 1. The molecular weight excluding hydrogens is 340 g/mol. The second-order valence-electron chi connectivity index (χ2n) is 6.04. The maximum Gasteiger partial charge on any atom is 0.256 e. The lowest BCUT2D eigenvalue weighted by Gasteiger charge is -2.08. The standard InChI is InChI=1S/C18H17BrN2O/c1-10-14(19)6-7-16-17(10)13(18(22)21-16)9-12-8-11-4-2-3-5-15(11)20-12/h6-9,20H,2-5H2,1H3,(H,21,22). The van der Waals surface area contributed by atoms with Gasteiger partial charge in [0.25, 0.3) is 5.91 Å². The first-order valence-electron chi connectivity index (χ1n) is 7.67. The van der Waals surface area contributed by atoms with Crippen molar-refractivity contribution < 1.29 is 4.79 Å². The van der Waals surface area contributed by atoms with Gasteiger partial charge in [-0.15, -0.1) is 0 Å². The molecule has 112 valence electrons.